The number of aryl methyl sites for hydroxylation is 2. The number of nitrogens with zero attached hydrogens (tertiary/aromatic N) is 10. The highest BCUT2D eigenvalue weighted by atomic mass is 28.3. The fourth-order valence-corrected chi connectivity index (χ4v) is 6.26. The third kappa shape index (κ3) is 3.39. The van der Waals surface area contributed by atoms with E-state index in [0.29, 0.717) is 0 Å². The normalized spacial score (nSPS) is 12.0. The second-order valence-electron chi connectivity index (χ2n) is 8.88. The SMILES string of the molecule is Cc1ncnc2c1ncn2-c1cccc([Si](C)(C)c2cccc(-n3cnc4c(C)ncnc43)n2)n1. The molecule has 172 valence electrons. The monoisotopic (exact) mass is 478 g/mol. The highest BCUT2D eigenvalue weighted by Crippen LogP contribution is 2.18. The highest BCUT2D eigenvalue weighted by molar-refractivity contribution is 6.99. The van der Waals surface area contributed by atoms with Crippen molar-refractivity contribution in [3.05, 3.63) is 73.1 Å². The van der Waals surface area contributed by atoms with Crippen molar-refractivity contribution in [1.29, 1.82) is 0 Å². The molecule has 35 heavy (non-hydrogen) atoms. The van der Waals surface area contributed by atoms with E-state index in [2.05, 4.69) is 55.1 Å². The number of pyridine rings is 2. The quantitative estimate of drug-likeness (QED) is 0.354. The van der Waals surface area contributed by atoms with E-state index in [1.165, 1.54) is 0 Å². The summed E-state index contributed by atoms with van der Waals surface area (Å²) in [4.78, 5) is 36.4. The van der Waals surface area contributed by atoms with Gasteiger partial charge >= 0.3 is 0 Å². The second kappa shape index (κ2) is 7.84. The number of rotatable bonds is 4. The van der Waals surface area contributed by atoms with Crippen LogP contribution >= 0.6 is 0 Å². The van der Waals surface area contributed by atoms with Gasteiger partial charge in [0.05, 0.1) is 11.4 Å². The first-order chi connectivity index (χ1) is 16.9. The van der Waals surface area contributed by atoms with Crippen molar-refractivity contribution in [1.82, 2.24) is 49.0 Å². The molecule has 6 aromatic heterocycles. The van der Waals surface area contributed by atoms with Gasteiger partial charge < -0.3 is 0 Å². The fraction of sp³-hybridized carbons (Fsp3) is 0.167. The topological polar surface area (TPSA) is 113 Å². The summed E-state index contributed by atoms with van der Waals surface area (Å²) in [5, 5.41) is 2.03. The van der Waals surface area contributed by atoms with E-state index in [1.807, 2.05) is 47.2 Å². The molecule has 0 saturated carbocycles. The zero-order valence-electron chi connectivity index (χ0n) is 19.7. The van der Waals surface area contributed by atoms with Crippen LogP contribution in [0, 0.1) is 13.8 Å². The van der Waals surface area contributed by atoms with Crippen LogP contribution < -0.4 is 10.6 Å². The van der Waals surface area contributed by atoms with Crippen molar-refractivity contribution >= 4 is 41.0 Å². The largest absolute Gasteiger partial charge is 0.267 e. The van der Waals surface area contributed by atoms with Gasteiger partial charge in [-0.25, -0.2) is 39.9 Å². The van der Waals surface area contributed by atoms with Crippen molar-refractivity contribution < 1.29 is 0 Å². The Hall–Kier alpha value is -4.38. The van der Waals surface area contributed by atoms with Crippen LogP contribution in [-0.2, 0) is 0 Å². The van der Waals surface area contributed by atoms with Gasteiger partial charge in [0.15, 0.2) is 19.4 Å². The van der Waals surface area contributed by atoms with Crippen LogP contribution in [0.2, 0.25) is 13.1 Å². The van der Waals surface area contributed by atoms with Crippen molar-refractivity contribution in [2.75, 3.05) is 0 Å². The maximum absolute atomic E-state index is 5.04. The second-order valence-corrected chi connectivity index (χ2v) is 13.2. The number of hydrogen-bond acceptors (Lipinski definition) is 8. The molecule has 0 N–H and O–H groups in total. The van der Waals surface area contributed by atoms with Crippen LogP contribution in [-0.4, -0.2) is 57.1 Å². The molecule has 11 heteroatoms. The summed E-state index contributed by atoms with van der Waals surface area (Å²) in [6.45, 7) is 8.36. The Morgan fingerprint density at radius 2 is 1.06 bits per heavy atom. The van der Waals surface area contributed by atoms with E-state index < -0.39 is 8.07 Å². The molecule has 0 aliphatic heterocycles. The predicted molar refractivity (Wildman–Crippen MR) is 135 cm³/mol. The van der Waals surface area contributed by atoms with Gasteiger partial charge in [-0.15, -0.1) is 0 Å². The molecule has 6 rings (SSSR count). The Morgan fingerprint density at radius 1 is 0.600 bits per heavy atom. The molecule has 0 aromatic carbocycles. The first-order valence-corrected chi connectivity index (χ1v) is 14.2. The number of fused-ring (bicyclic) bond motifs is 2. The smallest absolute Gasteiger partial charge is 0.169 e. The van der Waals surface area contributed by atoms with Gasteiger partial charge in [0.1, 0.15) is 48.0 Å². The molecule has 6 aromatic rings. The Bertz CT molecular complexity index is 1590. The highest BCUT2D eigenvalue weighted by Gasteiger charge is 2.30. The molecule has 10 nitrogen and oxygen atoms in total. The molecule has 0 aliphatic rings. The molecule has 6 heterocycles. The minimum atomic E-state index is -2.26. The molecular formula is C24H22N10Si. The van der Waals surface area contributed by atoms with Crippen molar-refractivity contribution in [3.8, 4) is 11.6 Å². The lowest BCUT2D eigenvalue weighted by atomic mass is 10.4. The van der Waals surface area contributed by atoms with E-state index >= 15 is 0 Å². The van der Waals surface area contributed by atoms with Crippen LogP contribution in [0.1, 0.15) is 11.4 Å². The molecule has 0 aliphatic carbocycles. The summed E-state index contributed by atoms with van der Waals surface area (Å²) in [6, 6.07) is 12.1. The zero-order chi connectivity index (χ0) is 24.2. The summed E-state index contributed by atoms with van der Waals surface area (Å²) in [5.41, 5.74) is 4.72. The van der Waals surface area contributed by atoms with Gasteiger partial charge in [0.2, 0.25) is 0 Å². The molecule has 0 unspecified atom stereocenters. The molecule has 0 saturated heterocycles. The van der Waals surface area contributed by atoms with Crippen LogP contribution in [0.4, 0.5) is 0 Å². The van der Waals surface area contributed by atoms with Crippen LogP contribution in [0.5, 0.6) is 0 Å². The van der Waals surface area contributed by atoms with Gasteiger partial charge in [0, 0.05) is 10.6 Å². The average Bonchev–Trinajstić information content (AvgIpc) is 3.51. The first kappa shape index (κ1) is 21.2. The van der Waals surface area contributed by atoms with Crippen molar-refractivity contribution in [3.63, 3.8) is 0 Å². The minimum absolute atomic E-state index is 0.742. The van der Waals surface area contributed by atoms with Gasteiger partial charge in [-0.1, -0.05) is 25.2 Å². The number of imidazole rings is 2. The summed E-state index contributed by atoms with van der Waals surface area (Å²) in [7, 11) is -2.26. The van der Waals surface area contributed by atoms with Gasteiger partial charge in [0.25, 0.3) is 0 Å². The molecule has 0 radical (unpaired) electrons. The van der Waals surface area contributed by atoms with Crippen LogP contribution in [0.15, 0.2) is 61.7 Å². The summed E-state index contributed by atoms with van der Waals surface area (Å²) in [6.07, 6.45) is 6.61. The molecular weight excluding hydrogens is 456 g/mol. The van der Waals surface area contributed by atoms with Crippen LogP contribution in [0.25, 0.3) is 34.0 Å². The lowest BCUT2D eigenvalue weighted by molar-refractivity contribution is 1.00. The Labute approximate surface area is 201 Å². The number of aromatic nitrogens is 10. The summed E-state index contributed by atoms with van der Waals surface area (Å²) >= 11 is 0. The molecule has 0 fully saturated rings. The standard InChI is InChI=1S/C24H22N10Si/c1-15-21-23(27-11-25-15)33(13-29-21)17-7-5-9-19(31-17)35(3,4)20-10-6-8-18(32-20)34-14-30-22-16(2)26-12-28-24(22)34/h5-14H,1-4H3. The Morgan fingerprint density at radius 3 is 1.51 bits per heavy atom. The maximum Gasteiger partial charge on any atom is 0.169 e. The zero-order valence-corrected chi connectivity index (χ0v) is 20.7. The van der Waals surface area contributed by atoms with E-state index in [1.54, 1.807) is 25.3 Å². The lowest BCUT2D eigenvalue weighted by Gasteiger charge is -2.22. The Balaban J connectivity index is 1.42. The average molecular weight is 479 g/mol. The van der Waals surface area contributed by atoms with Crippen LogP contribution in [0.3, 0.4) is 0 Å². The summed E-state index contributed by atoms with van der Waals surface area (Å²) in [5.74, 6) is 1.54. The number of hydrogen-bond donors (Lipinski definition) is 0. The third-order valence-electron chi connectivity index (χ3n) is 6.28. The van der Waals surface area contributed by atoms with E-state index in [0.717, 1.165) is 56.0 Å². The van der Waals surface area contributed by atoms with Gasteiger partial charge in [-0.3, -0.25) is 9.13 Å². The lowest BCUT2D eigenvalue weighted by Crippen LogP contribution is -2.55. The van der Waals surface area contributed by atoms with E-state index in [4.69, 9.17) is 9.97 Å². The molecule has 0 bridgehead atoms. The molecule has 0 amide bonds. The first-order valence-electron chi connectivity index (χ1n) is 11.2. The minimum Gasteiger partial charge on any atom is -0.267 e. The third-order valence-corrected chi connectivity index (χ3v) is 9.39. The van der Waals surface area contributed by atoms with Crippen molar-refractivity contribution in [2.24, 2.45) is 0 Å². The maximum atomic E-state index is 5.04. The molecule has 0 spiro atoms. The van der Waals surface area contributed by atoms with Gasteiger partial charge in [-0.2, -0.15) is 0 Å². The van der Waals surface area contributed by atoms with E-state index in [9.17, 15) is 0 Å². The fourth-order valence-electron chi connectivity index (χ4n) is 4.18. The van der Waals surface area contributed by atoms with Gasteiger partial charge in [-0.05, 0) is 38.1 Å². The Kier molecular flexibility index (Phi) is 4.74. The molecule has 0 atom stereocenters. The van der Waals surface area contributed by atoms with Crippen molar-refractivity contribution in [2.45, 2.75) is 26.9 Å². The summed E-state index contributed by atoms with van der Waals surface area (Å²) < 4.78 is 3.81. The predicted octanol–water partition coefficient (Wildman–Crippen LogP) is 2.17. The van der Waals surface area contributed by atoms with E-state index in [-0.39, 0.29) is 0 Å².